The van der Waals surface area contributed by atoms with Crippen LogP contribution >= 0.6 is 0 Å². The Kier molecular flexibility index (Phi) is 2.43. The van der Waals surface area contributed by atoms with Crippen molar-refractivity contribution < 1.29 is 0 Å². The summed E-state index contributed by atoms with van der Waals surface area (Å²) >= 11 is 0. The molecule has 86 valence electrons. The number of hydrogen-bond donors (Lipinski definition) is 0. The van der Waals surface area contributed by atoms with Crippen molar-refractivity contribution in [1.82, 2.24) is 4.98 Å². The number of nitrogens with zero attached hydrogens (tertiary/aromatic N) is 2. The van der Waals surface area contributed by atoms with Crippen molar-refractivity contribution in [2.45, 2.75) is 19.8 Å². The number of rotatable bonds is 2. The number of allylic oxidation sites excluding steroid dienone is 3. The molecule has 1 aromatic heterocycles. The van der Waals surface area contributed by atoms with Gasteiger partial charge in [-0.2, -0.15) is 0 Å². The Hall–Kier alpha value is -1.70. The molecule has 0 radical (unpaired) electrons. The molecule has 1 aromatic rings. The molecule has 1 aliphatic carbocycles. The van der Waals surface area contributed by atoms with Crippen molar-refractivity contribution in [3.05, 3.63) is 54.5 Å². The van der Waals surface area contributed by atoms with Crippen LogP contribution in [0, 0.1) is 11.3 Å². The summed E-state index contributed by atoms with van der Waals surface area (Å²) in [5.74, 6) is 0.660. The predicted molar refractivity (Wildman–Crippen MR) is 69.9 cm³/mol. The molecule has 0 saturated carbocycles. The molecule has 2 heteroatoms. The van der Waals surface area contributed by atoms with E-state index in [0.717, 1.165) is 17.8 Å². The van der Waals surface area contributed by atoms with Crippen LogP contribution in [0.15, 0.2) is 53.8 Å². The number of pyridine rings is 1. The van der Waals surface area contributed by atoms with Gasteiger partial charge in [-0.05, 0) is 29.9 Å². The molecule has 17 heavy (non-hydrogen) atoms. The van der Waals surface area contributed by atoms with Crippen LogP contribution in [0.3, 0.4) is 0 Å². The van der Waals surface area contributed by atoms with E-state index in [9.17, 15) is 0 Å². The summed E-state index contributed by atoms with van der Waals surface area (Å²) in [6.07, 6.45) is 12.7. The fourth-order valence-corrected chi connectivity index (χ4v) is 2.47. The van der Waals surface area contributed by atoms with E-state index < -0.39 is 0 Å². The highest BCUT2D eigenvalue weighted by Crippen LogP contribution is 2.42. The second-order valence-electron chi connectivity index (χ2n) is 5.06. The third-order valence-corrected chi connectivity index (χ3v) is 3.80. The van der Waals surface area contributed by atoms with Crippen LogP contribution in [-0.2, 0) is 0 Å². The molecule has 2 heterocycles. The molecular formula is C15H16N2. The molecule has 0 amide bonds. The highest BCUT2D eigenvalue weighted by molar-refractivity contribution is 6.00. The van der Waals surface area contributed by atoms with E-state index in [2.05, 4.69) is 35.1 Å². The first-order chi connectivity index (χ1) is 8.28. The lowest BCUT2D eigenvalue weighted by atomic mass is 9.67. The van der Waals surface area contributed by atoms with Gasteiger partial charge in [-0.25, -0.2) is 0 Å². The van der Waals surface area contributed by atoms with Crippen molar-refractivity contribution in [3.8, 4) is 0 Å². The minimum absolute atomic E-state index is 0.212. The second kappa shape index (κ2) is 3.95. The smallest absolute Gasteiger partial charge is 0.0844 e. The molecule has 2 atom stereocenters. The molecule has 0 saturated heterocycles. The van der Waals surface area contributed by atoms with Crippen molar-refractivity contribution in [3.63, 3.8) is 0 Å². The number of hydrogen-bond acceptors (Lipinski definition) is 2. The van der Waals surface area contributed by atoms with Crippen LogP contribution in [-0.4, -0.2) is 10.7 Å². The summed E-state index contributed by atoms with van der Waals surface area (Å²) < 4.78 is 0. The zero-order valence-electron chi connectivity index (χ0n) is 10.0. The van der Waals surface area contributed by atoms with Crippen molar-refractivity contribution >= 4 is 5.71 Å². The Morgan fingerprint density at radius 3 is 2.88 bits per heavy atom. The van der Waals surface area contributed by atoms with Crippen LogP contribution in [0.4, 0.5) is 0 Å². The minimum atomic E-state index is 0.212. The molecule has 0 N–H and O–H groups in total. The first-order valence-electron chi connectivity index (χ1n) is 6.10. The molecule has 2 nitrogen and oxygen atoms in total. The van der Waals surface area contributed by atoms with Gasteiger partial charge in [0.15, 0.2) is 0 Å². The lowest BCUT2D eigenvalue weighted by Crippen LogP contribution is -2.31. The monoisotopic (exact) mass is 224 g/mol. The maximum atomic E-state index is 4.49. The third kappa shape index (κ3) is 1.84. The molecule has 0 fully saturated rings. The van der Waals surface area contributed by atoms with E-state index in [1.165, 1.54) is 6.42 Å². The SMILES string of the molecule is CC1(C2C=CC2)C=CN=C(c2ccccn2)C1. The maximum absolute atomic E-state index is 4.49. The fraction of sp³-hybridized carbons (Fsp3) is 0.333. The topological polar surface area (TPSA) is 25.2 Å². The average molecular weight is 224 g/mol. The fourth-order valence-electron chi connectivity index (χ4n) is 2.47. The molecule has 3 rings (SSSR count). The molecule has 2 unspecified atom stereocenters. The van der Waals surface area contributed by atoms with Gasteiger partial charge in [-0.3, -0.25) is 9.98 Å². The van der Waals surface area contributed by atoms with Gasteiger partial charge in [-0.15, -0.1) is 0 Å². The standard InChI is InChI=1S/C15H16N2/c1-15(12-5-4-6-12)8-10-17-14(11-15)13-7-2-3-9-16-13/h2-5,7-10,12H,6,11H2,1H3. The summed E-state index contributed by atoms with van der Waals surface area (Å²) in [5, 5.41) is 0. The molecule has 0 bridgehead atoms. The zero-order chi connectivity index (χ0) is 11.7. The molecule has 0 spiro atoms. The Morgan fingerprint density at radius 2 is 2.24 bits per heavy atom. The molecule has 0 aromatic carbocycles. The van der Waals surface area contributed by atoms with Crippen LogP contribution < -0.4 is 0 Å². The van der Waals surface area contributed by atoms with E-state index in [0.29, 0.717) is 5.92 Å². The molecular weight excluding hydrogens is 208 g/mol. The van der Waals surface area contributed by atoms with Gasteiger partial charge in [0.1, 0.15) is 0 Å². The van der Waals surface area contributed by atoms with Crippen molar-refractivity contribution in [2.75, 3.05) is 0 Å². The first-order valence-corrected chi connectivity index (χ1v) is 6.10. The normalized spacial score (nSPS) is 30.9. The van der Waals surface area contributed by atoms with E-state index >= 15 is 0 Å². The number of aromatic nitrogens is 1. The van der Waals surface area contributed by atoms with E-state index in [-0.39, 0.29) is 5.41 Å². The third-order valence-electron chi connectivity index (χ3n) is 3.80. The van der Waals surface area contributed by atoms with E-state index in [4.69, 9.17) is 0 Å². The number of aliphatic imine (C=N–C) groups is 1. The summed E-state index contributed by atoms with van der Waals surface area (Å²) in [6.45, 7) is 2.31. The lowest BCUT2D eigenvalue weighted by Gasteiger charge is -2.38. The molecule has 2 aliphatic rings. The van der Waals surface area contributed by atoms with Crippen LogP contribution in [0.1, 0.15) is 25.5 Å². The summed E-state index contributed by atoms with van der Waals surface area (Å²) in [4.78, 5) is 8.87. The van der Waals surface area contributed by atoms with Gasteiger partial charge in [0.05, 0.1) is 11.4 Å². The first kappa shape index (κ1) is 10.5. The van der Waals surface area contributed by atoms with Gasteiger partial charge in [0, 0.05) is 18.8 Å². The maximum Gasteiger partial charge on any atom is 0.0844 e. The quantitative estimate of drug-likeness (QED) is 0.707. The van der Waals surface area contributed by atoms with E-state index in [1.54, 1.807) is 0 Å². The highest BCUT2D eigenvalue weighted by atomic mass is 14.8. The van der Waals surface area contributed by atoms with E-state index in [1.807, 2.05) is 30.6 Å². The highest BCUT2D eigenvalue weighted by Gasteiger charge is 2.35. The Bertz CT molecular complexity index is 499. The molecule has 1 aliphatic heterocycles. The van der Waals surface area contributed by atoms with Crippen LogP contribution in [0.2, 0.25) is 0 Å². The largest absolute Gasteiger partial charge is 0.259 e. The van der Waals surface area contributed by atoms with Gasteiger partial charge in [0.2, 0.25) is 0 Å². The van der Waals surface area contributed by atoms with Crippen LogP contribution in [0.25, 0.3) is 0 Å². The predicted octanol–water partition coefficient (Wildman–Crippen LogP) is 3.37. The van der Waals surface area contributed by atoms with Gasteiger partial charge in [0.25, 0.3) is 0 Å². The average Bonchev–Trinajstić information content (AvgIpc) is 2.27. The summed E-state index contributed by atoms with van der Waals surface area (Å²) in [6, 6.07) is 6.00. The van der Waals surface area contributed by atoms with Gasteiger partial charge < -0.3 is 0 Å². The second-order valence-corrected chi connectivity index (χ2v) is 5.06. The van der Waals surface area contributed by atoms with Gasteiger partial charge >= 0.3 is 0 Å². The van der Waals surface area contributed by atoms with Crippen molar-refractivity contribution in [1.29, 1.82) is 0 Å². The Balaban J connectivity index is 1.87. The Labute approximate surface area is 102 Å². The van der Waals surface area contributed by atoms with Crippen molar-refractivity contribution in [2.24, 2.45) is 16.3 Å². The minimum Gasteiger partial charge on any atom is -0.259 e. The van der Waals surface area contributed by atoms with Crippen LogP contribution in [0.5, 0.6) is 0 Å². The summed E-state index contributed by atoms with van der Waals surface area (Å²) in [7, 11) is 0. The lowest BCUT2D eigenvalue weighted by molar-refractivity contribution is 0.299. The zero-order valence-corrected chi connectivity index (χ0v) is 10.0. The van der Waals surface area contributed by atoms with Gasteiger partial charge in [-0.1, -0.05) is 31.2 Å². The Morgan fingerprint density at radius 1 is 1.35 bits per heavy atom. The summed E-state index contributed by atoms with van der Waals surface area (Å²) in [5.41, 5.74) is 2.32.